The lowest BCUT2D eigenvalue weighted by molar-refractivity contribution is -0.143. The fraction of sp³-hybridized carbons (Fsp3) is 0.889. The van der Waals surface area contributed by atoms with E-state index in [0.29, 0.717) is 13.2 Å². The van der Waals surface area contributed by atoms with Crippen LogP contribution in [0.25, 0.3) is 0 Å². The molecular weight excluding hydrogens is 199 g/mol. The fourth-order valence-corrected chi connectivity index (χ4v) is 0.874. The Morgan fingerprint density at radius 2 is 2.14 bits per heavy atom. The average Bonchev–Trinajstić information content (AvgIpc) is 2.14. The number of esters is 1. The Kier molecular flexibility index (Phi) is 7.10. The van der Waals surface area contributed by atoms with Crippen LogP contribution >= 0.6 is 12.6 Å². The topological polar surface area (TPSA) is 35.5 Å². The zero-order valence-corrected chi connectivity index (χ0v) is 9.97. The van der Waals surface area contributed by atoms with Crippen LogP contribution in [0.2, 0.25) is 6.32 Å². The summed E-state index contributed by atoms with van der Waals surface area (Å²) in [5.41, 5.74) is -0.0756. The third-order valence-corrected chi connectivity index (χ3v) is 1.93. The van der Waals surface area contributed by atoms with Gasteiger partial charge in [-0.25, -0.2) is 0 Å². The third kappa shape index (κ3) is 7.27. The zero-order chi connectivity index (χ0) is 11.0. The van der Waals surface area contributed by atoms with Gasteiger partial charge in [0.2, 0.25) is 0 Å². The van der Waals surface area contributed by atoms with Crippen molar-refractivity contribution >= 4 is 26.1 Å². The van der Waals surface area contributed by atoms with Gasteiger partial charge in [-0.15, -0.1) is 0 Å². The second kappa shape index (κ2) is 7.18. The molecule has 0 aromatic rings. The fourth-order valence-electron chi connectivity index (χ4n) is 0.783. The summed E-state index contributed by atoms with van der Waals surface area (Å²) in [4.78, 5) is 10.8. The minimum atomic E-state index is -0.280. The molecule has 5 heteroatoms. The predicted molar refractivity (Wildman–Crippen MR) is 60.8 cm³/mol. The van der Waals surface area contributed by atoms with Gasteiger partial charge in [0.15, 0.2) is 0 Å². The lowest BCUT2D eigenvalue weighted by atomic mass is 9.76. The summed E-state index contributed by atoms with van der Waals surface area (Å²) in [7, 11) is 1.76. The predicted octanol–water partition coefficient (Wildman–Crippen LogP) is 1.56. The number of ether oxygens (including phenoxy) is 1. The van der Waals surface area contributed by atoms with Crippen molar-refractivity contribution in [2.75, 3.05) is 19.0 Å². The van der Waals surface area contributed by atoms with E-state index in [1.54, 1.807) is 7.48 Å². The molecule has 0 heterocycles. The Morgan fingerprint density at radius 3 is 2.64 bits per heavy atom. The van der Waals surface area contributed by atoms with E-state index >= 15 is 0 Å². The molecule has 0 N–H and O–H groups in total. The van der Waals surface area contributed by atoms with Gasteiger partial charge in [-0.2, -0.15) is 12.6 Å². The van der Waals surface area contributed by atoms with Gasteiger partial charge in [-0.3, -0.25) is 4.79 Å². The first-order chi connectivity index (χ1) is 6.52. The average molecular weight is 217 g/mol. The van der Waals surface area contributed by atoms with E-state index in [1.165, 1.54) is 0 Å². The van der Waals surface area contributed by atoms with Gasteiger partial charge in [-0.1, -0.05) is 13.8 Å². The lowest BCUT2D eigenvalue weighted by Crippen LogP contribution is -2.24. The van der Waals surface area contributed by atoms with Crippen LogP contribution in [0, 0.1) is 5.41 Å². The molecule has 3 nitrogen and oxygen atoms in total. The van der Waals surface area contributed by atoms with Gasteiger partial charge in [0, 0.05) is 6.61 Å². The van der Waals surface area contributed by atoms with Gasteiger partial charge < -0.3 is 9.39 Å². The van der Waals surface area contributed by atoms with E-state index in [9.17, 15) is 4.79 Å². The lowest BCUT2D eigenvalue weighted by Gasteiger charge is -2.23. The van der Waals surface area contributed by atoms with E-state index < -0.39 is 0 Å². The molecule has 0 unspecified atom stereocenters. The summed E-state index contributed by atoms with van der Waals surface area (Å²) >= 11 is 3.82. The summed E-state index contributed by atoms with van der Waals surface area (Å²) in [5, 5.41) is 0. The highest BCUT2D eigenvalue weighted by Crippen LogP contribution is 2.20. The van der Waals surface area contributed by atoms with Gasteiger partial charge in [0.1, 0.15) is 0 Å². The van der Waals surface area contributed by atoms with Crippen molar-refractivity contribution in [2.45, 2.75) is 27.1 Å². The van der Waals surface area contributed by atoms with Crippen LogP contribution in [-0.4, -0.2) is 32.4 Å². The normalized spacial score (nSPS) is 11.1. The smallest absolute Gasteiger partial charge is 0.315 e. The van der Waals surface area contributed by atoms with Crippen molar-refractivity contribution in [1.82, 2.24) is 0 Å². The molecule has 0 saturated heterocycles. The number of thiol groups is 1. The van der Waals surface area contributed by atoms with Crippen molar-refractivity contribution in [3.8, 4) is 0 Å². The molecule has 0 fully saturated rings. The van der Waals surface area contributed by atoms with Crippen LogP contribution in [0.1, 0.15) is 20.8 Å². The first-order valence-corrected chi connectivity index (χ1v) is 5.35. The number of hydrogen-bond donors (Lipinski definition) is 1. The number of hydrogen-bond acceptors (Lipinski definition) is 4. The minimum Gasteiger partial charge on any atom is -0.465 e. The molecule has 0 amide bonds. The van der Waals surface area contributed by atoms with Gasteiger partial charge >= 0.3 is 5.97 Å². The molecule has 0 aliphatic heterocycles. The van der Waals surface area contributed by atoms with E-state index in [0.717, 1.165) is 6.32 Å². The quantitative estimate of drug-likeness (QED) is 0.304. The molecule has 0 rings (SSSR count). The van der Waals surface area contributed by atoms with Crippen LogP contribution in [0.15, 0.2) is 0 Å². The van der Waals surface area contributed by atoms with Crippen molar-refractivity contribution in [3.05, 3.63) is 0 Å². The molecule has 0 aliphatic carbocycles. The maximum Gasteiger partial charge on any atom is 0.315 e. The second-order valence-corrected chi connectivity index (χ2v) is 4.13. The molecule has 0 aromatic carbocycles. The summed E-state index contributed by atoms with van der Waals surface area (Å²) in [6, 6.07) is 0. The van der Waals surface area contributed by atoms with Crippen LogP contribution in [0.4, 0.5) is 0 Å². The van der Waals surface area contributed by atoms with Crippen molar-refractivity contribution < 1.29 is 14.2 Å². The Hall–Kier alpha value is -0.155. The van der Waals surface area contributed by atoms with E-state index in [4.69, 9.17) is 9.39 Å². The van der Waals surface area contributed by atoms with Crippen molar-refractivity contribution in [1.29, 1.82) is 0 Å². The van der Waals surface area contributed by atoms with Gasteiger partial charge in [0.25, 0.3) is 7.48 Å². The molecule has 0 aliphatic rings. The van der Waals surface area contributed by atoms with Gasteiger partial charge in [0.05, 0.1) is 12.4 Å². The first-order valence-electron chi connectivity index (χ1n) is 4.71. The molecule has 0 saturated carbocycles. The van der Waals surface area contributed by atoms with Crippen molar-refractivity contribution in [2.24, 2.45) is 5.41 Å². The second-order valence-electron chi connectivity index (χ2n) is 3.81. The summed E-state index contributed by atoms with van der Waals surface area (Å²) in [6.07, 6.45) is 0.765. The van der Waals surface area contributed by atoms with Gasteiger partial charge in [-0.05, 0) is 18.7 Å². The monoisotopic (exact) mass is 217 g/mol. The molecule has 81 valence electrons. The standard InChI is InChI=1S/C9H18BO3S/c1-4-13-10-6-9(2,3)7-12-8(11)5-14/h14H,4-7H2,1-3H3. The zero-order valence-electron chi connectivity index (χ0n) is 9.08. The van der Waals surface area contributed by atoms with E-state index in [-0.39, 0.29) is 17.1 Å². The number of rotatable bonds is 7. The molecule has 14 heavy (non-hydrogen) atoms. The van der Waals surface area contributed by atoms with Crippen LogP contribution in [0.3, 0.4) is 0 Å². The van der Waals surface area contributed by atoms with Crippen LogP contribution in [0.5, 0.6) is 0 Å². The number of carbonyl (C=O) groups excluding carboxylic acids is 1. The largest absolute Gasteiger partial charge is 0.465 e. The summed E-state index contributed by atoms with van der Waals surface area (Å²) in [6.45, 7) is 7.05. The SMILES string of the molecule is CCO[B]CC(C)(C)COC(=O)CS. The minimum absolute atomic E-state index is 0.0756. The molecular formula is C9H18BO3S. The van der Waals surface area contributed by atoms with Crippen LogP contribution < -0.4 is 0 Å². The maximum absolute atomic E-state index is 10.8. The van der Waals surface area contributed by atoms with E-state index in [2.05, 4.69) is 12.6 Å². The highest BCUT2D eigenvalue weighted by atomic mass is 32.1. The summed E-state index contributed by atoms with van der Waals surface area (Å²) < 4.78 is 10.1. The molecule has 0 bridgehead atoms. The Morgan fingerprint density at radius 1 is 1.50 bits per heavy atom. The van der Waals surface area contributed by atoms with Crippen molar-refractivity contribution in [3.63, 3.8) is 0 Å². The Bertz CT molecular complexity index is 173. The molecule has 1 radical (unpaired) electrons. The Balaban J connectivity index is 3.65. The summed E-state index contributed by atoms with van der Waals surface area (Å²) in [5.74, 6) is -0.150. The molecule has 0 spiro atoms. The molecule has 0 aromatic heterocycles. The van der Waals surface area contributed by atoms with Crippen LogP contribution in [-0.2, 0) is 14.2 Å². The Labute approximate surface area is 92.2 Å². The molecule has 0 atom stereocenters. The highest BCUT2D eigenvalue weighted by molar-refractivity contribution is 7.81. The highest BCUT2D eigenvalue weighted by Gasteiger charge is 2.20. The third-order valence-electron chi connectivity index (χ3n) is 1.67. The number of carbonyl (C=O) groups is 1. The maximum atomic E-state index is 10.8. The first kappa shape index (κ1) is 13.8. The van der Waals surface area contributed by atoms with E-state index in [1.807, 2.05) is 20.8 Å².